The molecule has 0 fully saturated rings. The van der Waals surface area contributed by atoms with E-state index in [9.17, 15) is 0 Å². The predicted octanol–water partition coefficient (Wildman–Crippen LogP) is 3.63. The molecule has 3 nitrogen and oxygen atoms in total. The summed E-state index contributed by atoms with van der Waals surface area (Å²) in [5, 5.41) is 3.44. The summed E-state index contributed by atoms with van der Waals surface area (Å²) >= 11 is 0. The van der Waals surface area contributed by atoms with E-state index in [4.69, 9.17) is 9.47 Å². The highest BCUT2D eigenvalue weighted by Crippen LogP contribution is 2.40. The summed E-state index contributed by atoms with van der Waals surface area (Å²) in [6, 6.07) is 14.3. The third-order valence-corrected chi connectivity index (χ3v) is 3.58. The molecular formula is C17H19NO2. The average molecular weight is 269 g/mol. The Hall–Kier alpha value is -2.16. The molecule has 0 atom stereocenters. The zero-order chi connectivity index (χ0) is 13.8. The van der Waals surface area contributed by atoms with E-state index in [1.54, 1.807) is 7.11 Å². The van der Waals surface area contributed by atoms with Crippen LogP contribution in [0, 0.1) is 0 Å². The Bertz CT molecular complexity index is 581. The molecule has 1 aliphatic heterocycles. The maximum absolute atomic E-state index is 6.02. The molecule has 104 valence electrons. The Labute approximate surface area is 119 Å². The lowest BCUT2D eigenvalue weighted by atomic mass is 10.0. The van der Waals surface area contributed by atoms with Crippen molar-refractivity contribution in [2.24, 2.45) is 0 Å². The minimum atomic E-state index is 0.551. The molecule has 20 heavy (non-hydrogen) atoms. The van der Waals surface area contributed by atoms with E-state index < -0.39 is 0 Å². The maximum atomic E-state index is 6.02. The van der Waals surface area contributed by atoms with Crippen molar-refractivity contribution < 1.29 is 9.47 Å². The highest BCUT2D eigenvalue weighted by molar-refractivity contribution is 5.68. The van der Waals surface area contributed by atoms with Gasteiger partial charge in [0.15, 0.2) is 11.5 Å². The van der Waals surface area contributed by atoms with Gasteiger partial charge in [0.05, 0.1) is 12.8 Å². The van der Waals surface area contributed by atoms with Crippen LogP contribution in [0.15, 0.2) is 42.5 Å². The first kappa shape index (κ1) is 12.9. The number of fused-ring (bicyclic) bond motifs is 1. The summed E-state index contributed by atoms with van der Waals surface area (Å²) in [6.07, 6.45) is 2.26. The van der Waals surface area contributed by atoms with Crippen molar-refractivity contribution in [1.29, 1.82) is 0 Å². The topological polar surface area (TPSA) is 30.5 Å². The number of anilines is 1. The van der Waals surface area contributed by atoms with Gasteiger partial charge in [0.1, 0.15) is 6.61 Å². The third kappa shape index (κ3) is 2.57. The molecule has 0 radical (unpaired) electrons. The Morgan fingerprint density at radius 3 is 2.75 bits per heavy atom. The van der Waals surface area contributed by atoms with Gasteiger partial charge in [-0.1, -0.05) is 36.4 Å². The smallest absolute Gasteiger partial charge is 0.185 e. The van der Waals surface area contributed by atoms with E-state index in [1.807, 2.05) is 24.3 Å². The molecule has 0 spiro atoms. The first-order valence-corrected chi connectivity index (χ1v) is 6.99. The summed E-state index contributed by atoms with van der Waals surface area (Å²) in [6.45, 7) is 1.54. The molecule has 1 heterocycles. The number of hydrogen-bond acceptors (Lipinski definition) is 3. The van der Waals surface area contributed by atoms with Gasteiger partial charge in [0.2, 0.25) is 0 Å². The van der Waals surface area contributed by atoms with Gasteiger partial charge >= 0.3 is 0 Å². The first-order chi connectivity index (χ1) is 9.88. The quantitative estimate of drug-likeness (QED) is 0.919. The van der Waals surface area contributed by atoms with E-state index in [0.29, 0.717) is 6.61 Å². The van der Waals surface area contributed by atoms with Crippen LogP contribution < -0.4 is 14.8 Å². The number of aryl methyl sites for hydroxylation is 1. The SMILES string of the molecule is COc1ccc2c(c1OCc1ccccc1)NCCC2. The van der Waals surface area contributed by atoms with Crippen LogP contribution in [0.1, 0.15) is 17.5 Å². The van der Waals surface area contributed by atoms with Crippen molar-refractivity contribution in [3.63, 3.8) is 0 Å². The van der Waals surface area contributed by atoms with Gasteiger partial charge in [0.25, 0.3) is 0 Å². The molecule has 0 unspecified atom stereocenters. The van der Waals surface area contributed by atoms with Gasteiger partial charge in [0, 0.05) is 6.54 Å². The normalized spacial score (nSPS) is 13.2. The van der Waals surface area contributed by atoms with E-state index in [2.05, 4.69) is 23.5 Å². The highest BCUT2D eigenvalue weighted by atomic mass is 16.5. The van der Waals surface area contributed by atoms with Crippen molar-refractivity contribution in [3.05, 3.63) is 53.6 Å². The monoisotopic (exact) mass is 269 g/mol. The summed E-state index contributed by atoms with van der Waals surface area (Å²) in [5.41, 5.74) is 3.55. The predicted molar refractivity (Wildman–Crippen MR) is 80.6 cm³/mol. The van der Waals surface area contributed by atoms with Crippen molar-refractivity contribution in [2.75, 3.05) is 19.0 Å². The van der Waals surface area contributed by atoms with Crippen molar-refractivity contribution in [1.82, 2.24) is 0 Å². The van der Waals surface area contributed by atoms with Crippen molar-refractivity contribution >= 4 is 5.69 Å². The van der Waals surface area contributed by atoms with E-state index in [-0.39, 0.29) is 0 Å². The number of ether oxygens (including phenoxy) is 2. The average Bonchev–Trinajstić information content (AvgIpc) is 2.53. The van der Waals surface area contributed by atoms with Crippen LogP contribution in [0.2, 0.25) is 0 Å². The van der Waals surface area contributed by atoms with Gasteiger partial charge < -0.3 is 14.8 Å². The molecule has 0 aromatic heterocycles. The minimum Gasteiger partial charge on any atom is -0.493 e. The molecule has 3 rings (SSSR count). The highest BCUT2D eigenvalue weighted by Gasteiger charge is 2.18. The van der Waals surface area contributed by atoms with Crippen LogP contribution in [0.4, 0.5) is 5.69 Å². The number of hydrogen-bond donors (Lipinski definition) is 1. The molecule has 0 aliphatic carbocycles. The molecule has 0 saturated carbocycles. The molecule has 0 bridgehead atoms. The Balaban J connectivity index is 1.87. The van der Waals surface area contributed by atoms with E-state index >= 15 is 0 Å². The largest absolute Gasteiger partial charge is 0.493 e. The lowest BCUT2D eigenvalue weighted by molar-refractivity contribution is 0.285. The van der Waals surface area contributed by atoms with Crippen molar-refractivity contribution in [2.45, 2.75) is 19.4 Å². The van der Waals surface area contributed by atoms with E-state index in [1.165, 1.54) is 5.56 Å². The van der Waals surface area contributed by atoms with Gasteiger partial charge in [-0.05, 0) is 30.0 Å². The molecular weight excluding hydrogens is 250 g/mol. The number of benzene rings is 2. The van der Waals surface area contributed by atoms with Crippen LogP contribution >= 0.6 is 0 Å². The zero-order valence-corrected chi connectivity index (χ0v) is 11.7. The van der Waals surface area contributed by atoms with Crippen LogP contribution in [0.25, 0.3) is 0 Å². The standard InChI is InChI=1S/C17H19NO2/c1-19-15-10-9-14-8-5-11-18-16(14)17(15)20-12-13-6-3-2-4-7-13/h2-4,6-7,9-10,18H,5,8,11-12H2,1H3. The fourth-order valence-electron chi connectivity index (χ4n) is 2.53. The number of nitrogens with one attached hydrogen (secondary N) is 1. The number of methoxy groups -OCH3 is 1. The second kappa shape index (κ2) is 5.87. The molecule has 3 heteroatoms. The fourth-order valence-corrected chi connectivity index (χ4v) is 2.53. The number of rotatable bonds is 4. The molecule has 1 N–H and O–H groups in total. The zero-order valence-electron chi connectivity index (χ0n) is 11.7. The Morgan fingerprint density at radius 2 is 1.95 bits per heavy atom. The third-order valence-electron chi connectivity index (χ3n) is 3.58. The summed E-state index contributed by atoms with van der Waals surface area (Å²) in [5.74, 6) is 1.61. The maximum Gasteiger partial charge on any atom is 0.185 e. The van der Waals surface area contributed by atoms with Crippen LogP contribution in [0.3, 0.4) is 0 Å². The Morgan fingerprint density at radius 1 is 1.10 bits per heavy atom. The van der Waals surface area contributed by atoms with Gasteiger partial charge in [-0.15, -0.1) is 0 Å². The summed E-state index contributed by atoms with van der Waals surface area (Å²) < 4.78 is 11.5. The van der Waals surface area contributed by atoms with Gasteiger partial charge in [-0.2, -0.15) is 0 Å². The van der Waals surface area contributed by atoms with Crippen molar-refractivity contribution in [3.8, 4) is 11.5 Å². The minimum absolute atomic E-state index is 0.551. The second-order valence-electron chi connectivity index (χ2n) is 4.94. The van der Waals surface area contributed by atoms with Gasteiger partial charge in [-0.3, -0.25) is 0 Å². The molecule has 1 aliphatic rings. The summed E-state index contributed by atoms with van der Waals surface area (Å²) in [7, 11) is 1.68. The Kier molecular flexibility index (Phi) is 3.77. The van der Waals surface area contributed by atoms with Crippen LogP contribution in [0.5, 0.6) is 11.5 Å². The van der Waals surface area contributed by atoms with Crippen LogP contribution in [-0.4, -0.2) is 13.7 Å². The molecule has 2 aromatic carbocycles. The lowest BCUT2D eigenvalue weighted by Gasteiger charge is -2.23. The fraction of sp³-hybridized carbons (Fsp3) is 0.294. The molecule has 2 aromatic rings. The lowest BCUT2D eigenvalue weighted by Crippen LogP contribution is -2.13. The molecule has 0 saturated heterocycles. The van der Waals surface area contributed by atoms with Crippen LogP contribution in [-0.2, 0) is 13.0 Å². The second-order valence-corrected chi connectivity index (χ2v) is 4.94. The van der Waals surface area contributed by atoms with E-state index in [0.717, 1.165) is 42.1 Å². The summed E-state index contributed by atoms with van der Waals surface area (Å²) in [4.78, 5) is 0. The van der Waals surface area contributed by atoms with Gasteiger partial charge in [-0.25, -0.2) is 0 Å². The molecule has 0 amide bonds. The first-order valence-electron chi connectivity index (χ1n) is 6.99.